The van der Waals surface area contributed by atoms with Gasteiger partial charge < -0.3 is 11.1 Å². The zero-order valence-corrected chi connectivity index (χ0v) is 10.2. The Bertz CT molecular complexity index is 373. The van der Waals surface area contributed by atoms with E-state index in [-0.39, 0.29) is 11.8 Å². The molecule has 3 nitrogen and oxygen atoms in total. The third-order valence-corrected chi connectivity index (χ3v) is 3.49. The zero-order valence-electron chi connectivity index (χ0n) is 10.2. The minimum Gasteiger partial charge on any atom is -0.352 e. The van der Waals surface area contributed by atoms with Gasteiger partial charge in [0.2, 0.25) is 5.91 Å². The molecule has 0 heterocycles. The maximum absolute atomic E-state index is 11.8. The van der Waals surface area contributed by atoms with Crippen LogP contribution in [0.4, 0.5) is 0 Å². The minimum atomic E-state index is -0.0352. The molecule has 0 saturated heterocycles. The Labute approximate surface area is 102 Å². The lowest BCUT2D eigenvalue weighted by Crippen LogP contribution is -2.36. The van der Waals surface area contributed by atoms with Gasteiger partial charge in [-0.15, -0.1) is 0 Å². The van der Waals surface area contributed by atoms with Gasteiger partial charge in [-0.25, -0.2) is 0 Å². The summed E-state index contributed by atoms with van der Waals surface area (Å²) in [4.78, 5) is 11.8. The highest BCUT2D eigenvalue weighted by molar-refractivity contribution is 5.79. The van der Waals surface area contributed by atoms with E-state index in [2.05, 4.69) is 17.4 Å². The molecular weight excluding hydrogens is 212 g/mol. The average molecular weight is 232 g/mol. The highest BCUT2D eigenvalue weighted by Gasteiger charge is 2.39. The van der Waals surface area contributed by atoms with Crippen LogP contribution in [0, 0.1) is 5.92 Å². The molecule has 3 N–H and O–H groups in total. The van der Waals surface area contributed by atoms with E-state index in [1.807, 2.05) is 25.1 Å². The van der Waals surface area contributed by atoms with Crippen LogP contribution >= 0.6 is 0 Å². The molecule has 1 amide bonds. The monoisotopic (exact) mass is 232 g/mol. The van der Waals surface area contributed by atoms with Crippen molar-refractivity contribution >= 4 is 5.91 Å². The summed E-state index contributed by atoms with van der Waals surface area (Å²) in [6.45, 7) is 2.43. The van der Waals surface area contributed by atoms with Crippen LogP contribution in [0.1, 0.15) is 31.2 Å². The molecule has 1 aliphatic carbocycles. The third-order valence-electron chi connectivity index (χ3n) is 3.49. The topological polar surface area (TPSA) is 55.1 Å². The van der Waals surface area contributed by atoms with Crippen molar-refractivity contribution in [2.75, 3.05) is 6.54 Å². The molecule has 1 aliphatic rings. The fourth-order valence-corrected chi connectivity index (χ4v) is 2.18. The number of amides is 1. The summed E-state index contributed by atoms with van der Waals surface area (Å²) in [5.41, 5.74) is 6.88. The van der Waals surface area contributed by atoms with Gasteiger partial charge in [-0.3, -0.25) is 4.79 Å². The van der Waals surface area contributed by atoms with Crippen LogP contribution < -0.4 is 11.1 Å². The molecule has 1 fully saturated rings. The van der Waals surface area contributed by atoms with Crippen LogP contribution in [0.3, 0.4) is 0 Å². The molecule has 0 radical (unpaired) electrons. The van der Waals surface area contributed by atoms with E-state index in [9.17, 15) is 4.79 Å². The first-order valence-corrected chi connectivity index (χ1v) is 6.31. The van der Waals surface area contributed by atoms with Gasteiger partial charge >= 0.3 is 0 Å². The van der Waals surface area contributed by atoms with Crippen molar-refractivity contribution in [3.63, 3.8) is 0 Å². The lowest BCUT2D eigenvalue weighted by molar-refractivity contribution is -0.124. The van der Waals surface area contributed by atoms with Crippen molar-refractivity contribution in [1.29, 1.82) is 0 Å². The molecule has 0 aliphatic heterocycles. The molecule has 0 bridgehead atoms. The maximum Gasteiger partial charge on any atom is 0.224 e. The standard InChI is InChI=1S/C14H20N2O/c1-2-10(9-15)14(17)16-13-8-12(13)11-6-4-3-5-7-11/h3-7,10,12-13H,2,8-9,15H2,1H3,(H,16,17). The summed E-state index contributed by atoms with van der Waals surface area (Å²) in [7, 11) is 0. The van der Waals surface area contributed by atoms with E-state index >= 15 is 0 Å². The third kappa shape index (κ3) is 2.86. The number of carbonyl (C=O) groups excluding carboxylic acids is 1. The van der Waals surface area contributed by atoms with Crippen LogP contribution in [0.5, 0.6) is 0 Å². The first-order valence-electron chi connectivity index (χ1n) is 6.31. The molecule has 2 rings (SSSR count). The average Bonchev–Trinajstić information content (AvgIpc) is 3.11. The summed E-state index contributed by atoms with van der Waals surface area (Å²) in [5, 5.41) is 3.09. The summed E-state index contributed by atoms with van der Waals surface area (Å²) in [6, 6.07) is 10.7. The number of carbonyl (C=O) groups is 1. The van der Waals surface area contributed by atoms with E-state index in [1.165, 1.54) is 5.56 Å². The quantitative estimate of drug-likeness (QED) is 0.811. The second-order valence-corrected chi connectivity index (χ2v) is 4.71. The molecule has 0 spiro atoms. The first-order chi connectivity index (χ1) is 8.26. The molecule has 3 unspecified atom stereocenters. The predicted molar refractivity (Wildman–Crippen MR) is 68.6 cm³/mol. The normalized spacial score (nSPS) is 24.1. The second-order valence-electron chi connectivity index (χ2n) is 4.71. The van der Waals surface area contributed by atoms with Crippen LogP contribution in [0.15, 0.2) is 30.3 Å². The van der Waals surface area contributed by atoms with Crippen molar-refractivity contribution < 1.29 is 4.79 Å². The van der Waals surface area contributed by atoms with Crippen LogP contribution in [-0.2, 0) is 4.79 Å². The van der Waals surface area contributed by atoms with Crippen molar-refractivity contribution in [3.05, 3.63) is 35.9 Å². The van der Waals surface area contributed by atoms with Gasteiger partial charge in [-0.2, -0.15) is 0 Å². The predicted octanol–water partition coefficient (Wildman–Crippen LogP) is 1.64. The van der Waals surface area contributed by atoms with Gasteiger partial charge in [-0.1, -0.05) is 37.3 Å². The molecule has 3 heteroatoms. The van der Waals surface area contributed by atoms with Crippen LogP contribution in [0.2, 0.25) is 0 Å². The molecule has 92 valence electrons. The van der Waals surface area contributed by atoms with E-state index in [4.69, 9.17) is 5.73 Å². The summed E-state index contributed by atoms with van der Waals surface area (Å²) in [5.74, 6) is 0.570. The SMILES string of the molecule is CCC(CN)C(=O)NC1CC1c1ccccc1. The van der Waals surface area contributed by atoms with Gasteiger partial charge in [0.1, 0.15) is 0 Å². The summed E-state index contributed by atoms with van der Waals surface area (Å²) in [6.07, 6.45) is 1.86. The first kappa shape index (κ1) is 12.1. The Kier molecular flexibility index (Phi) is 3.79. The van der Waals surface area contributed by atoms with Crippen LogP contribution in [0.25, 0.3) is 0 Å². The minimum absolute atomic E-state index is 0.0352. The number of nitrogens with two attached hydrogens (primary N) is 1. The van der Waals surface area contributed by atoms with Crippen molar-refractivity contribution in [2.45, 2.75) is 31.7 Å². The van der Waals surface area contributed by atoms with E-state index in [0.717, 1.165) is 12.8 Å². The van der Waals surface area contributed by atoms with Gasteiger partial charge in [0.15, 0.2) is 0 Å². The Morgan fingerprint density at radius 2 is 2.18 bits per heavy atom. The highest BCUT2D eigenvalue weighted by atomic mass is 16.2. The fourth-order valence-electron chi connectivity index (χ4n) is 2.18. The zero-order chi connectivity index (χ0) is 12.3. The number of rotatable bonds is 5. The molecule has 3 atom stereocenters. The van der Waals surface area contributed by atoms with Gasteiger partial charge in [0.05, 0.1) is 0 Å². The van der Waals surface area contributed by atoms with Crippen molar-refractivity contribution in [1.82, 2.24) is 5.32 Å². The van der Waals surface area contributed by atoms with Crippen molar-refractivity contribution in [2.24, 2.45) is 11.7 Å². The lowest BCUT2D eigenvalue weighted by atomic mass is 10.1. The Morgan fingerprint density at radius 3 is 2.76 bits per heavy atom. The van der Waals surface area contributed by atoms with Gasteiger partial charge in [0, 0.05) is 24.4 Å². The molecular formula is C14H20N2O. The van der Waals surface area contributed by atoms with E-state index in [0.29, 0.717) is 18.5 Å². The molecule has 0 aromatic heterocycles. The Hall–Kier alpha value is -1.35. The Morgan fingerprint density at radius 1 is 1.47 bits per heavy atom. The highest BCUT2D eigenvalue weighted by Crippen LogP contribution is 2.40. The number of benzene rings is 1. The van der Waals surface area contributed by atoms with E-state index in [1.54, 1.807) is 0 Å². The Balaban J connectivity index is 1.86. The van der Waals surface area contributed by atoms with Crippen molar-refractivity contribution in [3.8, 4) is 0 Å². The number of hydrogen-bond donors (Lipinski definition) is 2. The second kappa shape index (κ2) is 5.32. The van der Waals surface area contributed by atoms with E-state index < -0.39 is 0 Å². The smallest absolute Gasteiger partial charge is 0.224 e. The maximum atomic E-state index is 11.8. The number of nitrogens with one attached hydrogen (secondary N) is 1. The molecule has 1 aromatic carbocycles. The molecule has 17 heavy (non-hydrogen) atoms. The molecule has 1 saturated carbocycles. The molecule has 1 aromatic rings. The summed E-state index contributed by atoms with van der Waals surface area (Å²) < 4.78 is 0. The largest absolute Gasteiger partial charge is 0.352 e. The lowest BCUT2D eigenvalue weighted by Gasteiger charge is -2.12. The summed E-state index contributed by atoms with van der Waals surface area (Å²) >= 11 is 0. The van der Waals surface area contributed by atoms with Gasteiger partial charge in [-0.05, 0) is 18.4 Å². The number of hydrogen-bond acceptors (Lipinski definition) is 2. The van der Waals surface area contributed by atoms with Crippen LogP contribution in [-0.4, -0.2) is 18.5 Å². The fraction of sp³-hybridized carbons (Fsp3) is 0.500. The van der Waals surface area contributed by atoms with Gasteiger partial charge in [0.25, 0.3) is 0 Å².